The second-order valence-corrected chi connectivity index (χ2v) is 5.20. The third-order valence-corrected chi connectivity index (χ3v) is 3.62. The number of rotatable bonds is 6. The summed E-state index contributed by atoms with van der Waals surface area (Å²) in [5.41, 5.74) is 3.80. The standard InChI is InChI=1S/C16H22N2O4/c1-4-21-5-6-22-16(20)10-18-14-8-12(3)11(2)7-13(14)17-9-15(18)19/h7-8,17H,4-6,9-10H2,1-3H3. The van der Waals surface area contributed by atoms with E-state index in [4.69, 9.17) is 9.47 Å². The number of carbonyl (C=O) groups excluding carboxylic acids is 2. The molecule has 0 saturated heterocycles. The van der Waals surface area contributed by atoms with E-state index in [0.717, 1.165) is 22.5 Å². The Labute approximate surface area is 130 Å². The Morgan fingerprint density at radius 2 is 2.00 bits per heavy atom. The predicted octanol–water partition coefficient (Wildman–Crippen LogP) is 1.64. The van der Waals surface area contributed by atoms with Gasteiger partial charge in [0.25, 0.3) is 0 Å². The van der Waals surface area contributed by atoms with Gasteiger partial charge in [-0.25, -0.2) is 0 Å². The Balaban J connectivity index is 2.06. The number of amides is 1. The van der Waals surface area contributed by atoms with Gasteiger partial charge < -0.3 is 14.8 Å². The summed E-state index contributed by atoms with van der Waals surface area (Å²) in [5.74, 6) is -0.573. The number of esters is 1. The highest BCUT2D eigenvalue weighted by Crippen LogP contribution is 2.32. The molecule has 0 atom stereocenters. The Hall–Kier alpha value is -2.08. The molecule has 0 aliphatic carbocycles. The summed E-state index contributed by atoms with van der Waals surface area (Å²) in [6.07, 6.45) is 0. The van der Waals surface area contributed by atoms with E-state index >= 15 is 0 Å². The number of ether oxygens (including phenoxy) is 2. The van der Waals surface area contributed by atoms with Crippen molar-refractivity contribution >= 4 is 23.3 Å². The van der Waals surface area contributed by atoms with Gasteiger partial charge in [0, 0.05) is 6.61 Å². The van der Waals surface area contributed by atoms with Crippen molar-refractivity contribution in [2.45, 2.75) is 20.8 Å². The molecule has 6 heteroatoms. The summed E-state index contributed by atoms with van der Waals surface area (Å²) in [4.78, 5) is 25.5. The normalized spacial score (nSPS) is 13.6. The number of fused-ring (bicyclic) bond motifs is 1. The molecule has 1 aliphatic heterocycles. The van der Waals surface area contributed by atoms with Gasteiger partial charge in [0.05, 0.1) is 24.5 Å². The van der Waals surface area contributed by atoms with Gasteiger partial charge in [-0.15, -0.1) is 0 Å². The van der Waals surface area contributed by atoms with Crippen LogP contribution in [0.4, 0.5) is 11.4 Å². The Morgan fingerprint density at radius 3 is 2.73 bits per heavy atom. The van der Waals surface area contributed by atoms with Gasteiger partial charge in [0.15, 0.2) is 0 Å². The molecule has 1 aliphatic rings. The van der Waals surface area contributed by atoms with Crippen LogP contribution in [0.5, 0.6) is 0 Å². The Kier molecular flexibility index (Phi) is 5.38. The first-order valence-electron chi connectivity index (χ1n) is 7.41. The van der Waals surface area contributed by atoms with Crippen LogP contribution < -0.4 is 10.2 Å². The highest BCUT2D eigenvalue weighted by molar-refractivity contribution is 6.05. The van der Waals surface area contributed by atoms with Gasteiger partial charge in [-0.3, -0.25) is 14.5 Å². The Bertz CT molecular complexity index is 572. The zero-order chi connectivity index (χ0) is 16.1. The van der Waals surface area contributed by atoms with E-state index in [9.17, 15) is 9.59 Å². The summed E-state index contributed by atoms with van der Waals surface area (Å²) in [7, 11) is 0. The van der Waals surface area contributed by atoms with E-state index < -0.39 is 5.97 Å². The topological polar surface area (TPSA) is 67.9 Å². The molecule has 2 rings (SSSR count). The molecule has 1 heterocycles. The lowest BCUT2D eigenvalue weighted by molar-refractivity contribution is -0.144. The van der Waals surface area contributed by atoms with Gasteiger partial charge in [0.1, 0.15) is 13.2 Å². The monoisotopic (exact) mass is 306 g/mol. The number of anilines is 2. The molecule has 22 heavy (non-hydrogen) atoms. The van der Waals surface area contributed by atoms with Crippen LogP contribution in [0.1, 0.15) is 18.1 Å². The van der Waals surface area contributed by atoms with E-state index in [1.165, 1.54) is 4.90 Å². The van der Waals surface area contributed by atoms with Crippen LogP contribution in [-0.2, 0) is 19.1 Å². The smallest absolute Gasteiger partial charge is 0.326 e. The number of carbonyl (C=O) groups is 2. The average Bonchev–Trinajstić information content (AvgIpc) is 2.49. The fourth-order valence-electron chi connectivity index (χ4n) is 2.27. The number of hydrogen-bond donors (Lipinski definition) is 1. The minimum atomic E-state index is -0.431. The molecule has 0 saturated carbocycles. The van der Waals surface area contributed by atoms with E-state index in [2.05, 4.69) is 5.32 Å². The van der Waals surface area contributed by atoms with Gasteiger partial charge in [-0.1, -0.05) is 0 Å². The molecule has 1 N–H and O–H groups in total. The molecule has 1 aromatic carbocycles. The molecule has 1 amide bonds. The number of benzene rings is 1. The van der Waals surface area contributed by atoms with Crippen LogP contribution in [0.15, 0.2) is 12.1 Å². The fourth-order valence-corrected chi connectivity index (χ4v) is 2.27. The summed E-state index contributed by atoms with van der Waals surface area (Å²) in [6, 6.07) is 3.91. The molecular formula is C16H22N2O4. The maximum absolute atomic E-state index is 12.1. The first kappa shape index (κ1) is 16.3. The first-order chi connectivity index (χ1) is 10.5. The lowest BCUT2D eigenvalue weighted by Gasteiger charge is -2.30. The van der Waals surface area contributed by atoms with E-state index in [1.54, 1.807) is 0 Å². The average molecular weight is 306 g/mol. The lowest BCUT2D eigenvalue weighted by atomic mass is 10.1. The number of aryl methyl sites for hydroxylation is 2. The third kappa shape index (κ3) is 3.76. The van der Waals surface area contributed by atoms with Crippen molar-refractivity contribution in [1.82, 2.24) is 0 Å². The zero-order valence-electron chi connectivity index (χ0n) is 13.3. The zero-order valence-corrected chi connectivity index (χ0v) is 13.3. The fraction of sp³-hybridized carbons (Fsp3) is 0.500. The lowest BCUT2D eigenvalue weighted by Crippen LogP contribution is -2.43. The summed E-state index contributed by atoms with van der Waals surface area (Å²) < 4.78 is 10.2. The van der Waals surface area contributed by atoms with Crippen LogP contribution in [0.25, 0.3) is 0 Å². The maximum atomic E-state index is 12.1. The molecule has 6 nitrogen and oxygen atoms in total. The van der Waals surface area contributed by atoms with Crippen LogP contribution in [-0.4, -0.2) is 44.8 Å². The molecule has 1 aromatic rings. The molecule has 0 fully saturated rings. The van der Waals surface area contributed by atoms with E-state index in [1.807, 2.05) is 32.9 Å². The SMILES string of the molecule is CCOCCOC(=O)CN1C(=O)CNc2cc(C)c(C)cc21. The molecule has 0 spiro atoms. The van der Waals surface area contributed by atoms with Gasteiger partial charge in [-0.2, -0.15) is 0 Å². The number of nitrogens with zero attached hydrogens (tertiary/aromatic N) is 1. The van der Waals surface area contributed by atoms with Crippen LogP contribution >= 0.6 is 0 Å². The molecule has 0 aromatic heterocycles. The summed E-state index contributed by atoms with van der Waals surface area (Å²) in [5, 5.41) is 3.08. The van der Waals surface area contributed by atoms with Gasteiger partial charge in [0.2, 0.25) is 5.91 Å². The minimum absolute atomic E-state index is 0.0812. The van der Waals surface area contributed by atoms with Crippen molar-refractivity contribution in [2.24, 2.45) is 0 Å². The van der Waals surface area contributed by atoms with Crippen molar-refractivity contribution in [3.05, 3.63) is 23.3 Å². The van der Waals surface area contributed by atoms with Crippen LogP contribution in [0.2, 0.25) is 0 Å². The molecule has 0 bridgehead atoms. The Morgan fingerprint density at radius 1 is 1.27 bits per heavy atom. The largest absolute Gasteiger partial charge is 0.462 e. The molecule has 0 unspecified atom stereocenters. The van der Waals surface area contributed by atoms with Crippen molar-refractivity contribution in [3.8, 4) is 0 Å². The quantitative estimate of drug-likeness (QED) is 0.639. The first-order valence-corrected chi connectivity index (χ1v) is 7.41. The summed E-state index contributed by atoms with van der Waals surface area (Å²) >= 11 is 0. The number of hydrogen-bond acceptors (Lipinski definition) is 5. The van der Waals surface area contributed by atoms with Gasteiger partial charge in [-0.05, 0) is 44.0 Å². The third-order valence-electron chi connectivity index (χ3n) is 3.62. The second kappa shape index (κ2) is 7.26. The molecule has 0 radical (unpaired) electrons. The van der Waals surface area contributed by atoms with E-state index in [-0.39, 0.29) is 25.6 Å². The highest BCUT2D eigenvalue weighted by atomic mass is 16.6. The van der Waals surface area contributed by atoms with Crippen molar-refractivity contribution < 1.29 is 19.1 Å². The second-order valence-electron chi connectivity index (χ2n) is 5.20. The maximum Gasteiger partial charge on any atom is 0.326 e. The molecular weight excluding hydrogens is 284 g/mol. The predicted molar refractivity (Wildman–Crippen MR) is 84.2 cm³/mol. The van der Waals surface area contributed by atoms with Crippen molar-refractivity contribution in [2.75, 3.05) is 43.1 Å². The summed E-state index contributed by atoms with van der Waals surface area (Å²) in [6.45, 7) is 7.12. The van der Waals surface area contributed by atoms with Crippen LogP contribution in [0, 0.1) is 13.8 Å². The van der Waals surface area contributed by atoms with Crippen molar-refractivity contribution in [1.29, 1.82) is 0 Å². The minimum Gasteiger partial charge on any atom is -0.462 e. The van der Waals surface area contributed by atoms with Gasteiger partial charge >= 0.3 is 5.97 Å². The van der Waals surface area contributed by atoms with Crippen LogP contribution in [0.3, 0.4) is 0 Å². The highest BCUT2D eigenvalue weighted by Gasteiger charge is 2.26. The number of nitrogens with one attached hydrogen (secondary N) is 1. The molecule has 120 valence electrons. The van der Waals surface area contributed by atoms with E-state index in [0.29, 0.717) is 13.2 Å². The van der Waals surface area contributed by atoms with Crippen molar-refractivity contribution in [3.63, 3.8) is 0 Å².